The van der Waals surface area contributed by atoms with Gasteiger partial charge in [0.05, 0.1) is 0 Å². The molecular formula is C17H18BrF2N. The molecule has 0 saturated heterocycles. The minimum Gasteiger partial charge on any atom is -0.310 e. The maximum atomic E-state index is 12.6. The molecule has 0 heterocycles. The predicted molar refractivity (Wildman–Crippen MR) is 85.5 cm³/mol. The number of nitrogens with one attached hydrogen (secondary N) is 1. The molecule has 2 rings (SSSR count). The van der Waals surface area contributed by atoms with Crippen molar-refractivity contribution in [3.8, 4) is 0 Å². The van der Waals surface area contributed by atoms with Crippen LogP contribution in [-0.4, -0.2) is 6.04 Å². The monoisotopic (exact) mass is 353 g/mol. The molecule has 0 fully saturated rings. The second kappa shape index (κ2) is 7.66. The SMILES string of the molecule is CC(Cc1ccc(Br)cc1)NCc1cccc(C(F)F)c1. The highest BCUT2D eigenvalue weighted by molar-refractivity contribution is 9.10. The number of rotatable bonds is 6. The molecule has 1 atom stereocenters. The van der Waals surface area contributed by atoms with E-state index in [0.717, 1.165) is 16.5 Å². The average Bonchev–Trinajstić information content (AvgIpc) is 2.48. The summed E-state index contributed by atoms with van der Waals surface area (Å²) < 4.78 is 26.3. The lowest BCUT2D eigenvalue weighted by Gasteiger charge is -2.14. The first kappa shape index (κ1) is 16.1. The Labute approximate surface area is 132 Å². The van der Waals surface area contributed by atoms with Crippen LogP contribution in [0.15, 0.2) is 53.0 Å². The van der Waals surface area contributed by atoms with Crippen molar-refractivity contribution in [3.63, 3.8) is 0 Å². The molecule has 1 N–H and O–H groups in total. The molecule has 0 bridgehead atoms. The van der Waals surface area contributed by atoms with Gasteiger partial charge in [-0.2, -0.15) is 0 Å². The smallest absolute Gasteiger partial charge is 0.263 e. The standard InChI is InChI=1S/C17H18BrF2N/c1-12(9-13-5-7-16(18)8-6-13)21-11-14-3-2-4-15(10-14)17(19)20/h2-8,10,12,17,21H,9,11H2,1H3. The predicted octanol–water partition coefficient (Wildman–Crippen LogP) is 5.11. The molecule has 1 unspecified atom stereocenters. The van der Waals surface area contributed by atoms with E-state index in [0.29, 0.717) is 6.54 Å². The van der Waals surface area contributed by atoms with Crippen molar-refractivity contribution in [1.29, 1.82) is 0 Å². The van der Waals surface area contributed by atoms with Gasteiger partial charge in [-0.3, -0.25) is 0 Å². The summed E-state index contributed by atoms with van der Waals surface area (Å²) in [5, 5.41) is 3.37. The van der Waals surface area contributed by atoms with Crippen molar-refractivity contribution in [3.05, 3.63) is 69.7 Å². The summed E-state index contributed by atoms with van der Waals surface area (Å²) in [7, 11) is 0. The maximum Gasteiger partial charge on any atom is 0.263 e. The molecule has 0 aliphatic rings. The van der Waals surface area contributed by atoms with E-state index in [1.165, 1.54) is 11.6 Å². The van der Waals surface area contributed by atoms with Crippen LogP contribution in [0, 0.1) is 0 Å². The third-order valence-electron chi connectivity index (χ3n) is 3.31. The number of alkyl halides is 2. The molecule has 0 aromatic heterocycles. The third-order valence-corrected chi connectivity index (χ3v) is 3.84. The van der Waals surface area contributed by atoms with Crippen molar-refractivity contribution < 1.29 is 8.78 Å². The molecule has 4 heteroatoms. The summed E-state index contributed by atoms with van der Waals surface area (Å²) in [5.74, 6) is 0. The number of hydrogen-bond donors (Lipinski definition) is 1. The van der Waals surface area contributed by atoms with Gasteiger partial charge in [-0.15, -0.1) is 0 Å². The Morgan fingerprint density at radius 1 is 1.05 bits per heavy atom. The van der Waals surface area contributed by atoms with Crippen LogP contribution in [0.25, 0.3) is 0 Å². The Kier molecular flexibility index (Phi) is 5.88. The van der Waals surface area contributed by atoms with Crippen LogP contribution in [0.2, 0.25) is 0 Å². The topological polar surface area (TPSA) is 12.0 Å². The average molecular weight is 354 g/mol. The fourth-order valence-corrected chi connectivity index (χ4v) is 2.44. The lowest BCUT2D eigenvalue weighted by atomic mass is 10.1. The molecular weight excluding hydrogens is 336 g/mol. The summed E-state index contributed by atoms with van der Waals surface area (Å²) in [4.78, 5) is 0. The molecule has 0 aliphatic carbocycles. The Bertz CT molecular complexity index is 569. The first-order chi connectivity index (χ1) is 10.0. The molecule has 21 heavy (non-hydrogen) atoms. The lowest BCUT2D eigenvalue weighted by molar-refractivity contribution is 0.151. The van der Waals surface area contributed by atoms with Crippen LogP contribution >= 0.6 is 15.9 Å². The second-order valence-electron chi connectivity index (χ2n) is 5.16. The Balaban J connectivity index is 1.87. The van der Waals surface area contributed by atoms with Gasteiger partial charge in [0.1, 0.15) is 0 Å². The fourth-order valence-electron chi connectivity index (χ4n) is 2.18. The maximum absolute atomic E-state index is 12.6. The van der Waals surface area contributed by atoms with Crippen LogP contribution < -0.4 is 5.32 Å². The van der Waals surface area contributed by atoms with Gasteiger partial charge in [-0.1, -0.05) is 46.3 Å². The Morgan fingerprint density at radius 2 is 1.76 bits per heavy atom. The zero-order chi connectivity index (χ0) is 15.2. The summed E-state index contributed by atoms with van der Waals surface area (Å²) >= 11 is 3.41. The molecule has 0 saturated carbocycles. The van der Waals surface area contributed by atoms with Crippen LogP contribution in [0.4, 0.5) is 8.78 Å². The van der Waals surface area contributed by atoms with Gasteiger partial charge in [0.15, 0.2) is 0 Å². The van der Waals surface area contributed by atoms with Gasteiger partial charge in [0.2, 0.25) is 0 Å². The quantitative estimate of drug-likeness (QED) is 0.760. The highest BCUT2D eigenvalue weighted by Crippen LogP contribution is 2.19. The van der Waals surface area contributed by atoms with E-state index in [-0.39, 0.29) is 11.6 Å². The first-order valence-electron chi connectivity index (χ1n) is 6.89. The molecule has 1 nitrogen and oxygen atoms in total. The van der Waals surface area contributed by atoms with E-state index < -0.39 is 6.43 Å². The minimum absolute atomic E-state index is 0.0786. The van der Waals surface area contributed by atoms with Crippen molar-refractivity contribution in [2.45, 2.75) is 32.4 Å². The minimum atomic E-state index is -2.41. The molecule has 2 aromatic carbocycles. The van der Waals surface area contributed by atoms with Gasteiger partial charge in [0.25, 0.3) is 6.43 Å². The fraction of sp³-hybridized carbons (Fsp3) is 0.294. The van der Waals surface area contributed by atoms with Gasteiger partial charge < -0.3 is 5.32 Å². The highest BCUT2D eigenvalue weighted by Gasteiger charge is 2.08. The van der Waals surface area contributed by atoms with E-state index in [2.05, 4.69) is 40.3 Å². The molecule has 0 aliphatic heterocycles. The normalized spacial score (nSPS) is 12.6. The van der Waals surface area contributed by atoms with Gasteiger partial charge in [-0.25, -0.2) is 8.78 Å². The van der Waals surface area contributed by atoms with Crippen LogP contribution in [-0.2, 0) is 13.0 Å². The largest absolute Gasteiger partial charge is 0.310 e. The van der Waals surface area contributed by atoms with E-state index in [4.69, 9.17) is 0 Å². The summed E-state index contributed by atoms with van der Waals surface area (Å²) in [6, 6.07) is 15.1. The van der Waals surface area contributed by atoms with Crippen molar-refractivity contribution in [1.82, 2.24) is 5.32 Å². The Morgan fingerprint density at radius 3 is 2.43 bits per heavy atom. The summed E-state index contributed by atoms with van der Waals surface area (Å²) in [6.07, 6.45) is -1.51. The zero-order valence-corrected chi connectivity index (χ0v) is 13.4. The summed E-state index contributed by atoms with van der Waals surface area (Å²) in [6.45, 7) is 2.69. The zero-order valence-electron chi connectivity index (χ0n) is 11.8. The molecule has 0 amide bonds. The number of benzene rings is 2. The van der Waals surface area contributed by atoms with Gasteiger partial charge in [0, 0.05) is 22.6 Å². The molecule has 0 spiro atoms. The van der Waals surface area contributed by atoms with Crippen LogP contribution in [0.1, 0.15) is 30.0 Å². The molecule has 112 valence electrons. The van der Waals surface area contributed by atoms with Crippen LogP contribution in [0.3, 0.4) is 0 Å². The number of hydrogen-bond acceptors (Lipinski definition) is 1. The summed E-state index contributed by atoms with van der Waals surface area (Å²) in [5.41, 5.74) is 2.21. The van der Waals surface area contributed by atoms with E-state index >= 15 is 0 Å². The molecule has 0 radical (unpaired) electrons. The van der Waals surface area contributed by atoms with Crippen molar-refractivity contribution in [2.75, 3.05) is 0 Å². The first-order valence-corrected chi connectivity index (χ1v) is 7.68. The van der Waals surface area contributed by atoms with Gasteiger partial charge >= 0.3 is 0 Å². The van der Waals surface area contributed by atoms with E-state index in [1.54, 1.807) is 12.1 Å². The lowest BCUT2D eigenvalue weighted by Crippen LogP contribution is -2.27. The third kappa shape index (κ3) is 5.21. The number of halogens is 3. The van der Waals surface area contributed by atoms with Crippen molar-refractivity contribution in [2.24, 2.45) is 0 Å². The van der Waals surface area contributed by atoms with E-state index in [9.17, 15) is 8.78 Å². The van der Waals surface area contributed by atoms with Crippen molar-refractivity contribution >= 4 is 15.9 Å². The Hall–Kier alpha value is -1.26. The van der Waals surface area contributed by atoms with E-state index in [1.807, 2.05) is 18.2 Å². The molecule has 2 aromatic rings. The second-order valence-corrected chi connectivity index (χ2v) is 6.07. The van der Waals surface area contributed by atoms with Gasteiger partial charge in [-0.05, 0) is 42.7 Å². The van der Waals surface area contributed by atoms with Crippen LogP contribution in [0.5, 0.6) is 0 Å². The highest BCUT2D eigenvalue weighted by atomic mass is 79.9.